The SMILES string of the molecule is CC/C=C\C/C=C\C/C=C\C/C=C\C/C=C\C/C=C\CCC(=O)OC[C@H](COC(=O)CCCCCCCCCCC/C=C\C/C=C\CCCCC)OC(=O)CCCC/C=C\C/C=C\C/C=C\CCCCC. The van der Waals surface area contributed by atoms with Gasteiger partial charge in [0, 0.05) is 19.3 Å². The minimum Gasteiger partial charge on any atom is -0.462 e. The number of ether oxygens (including phenoxy) is 3. The fourth-order valence-electron chi connectivity index (χ4n) is 7.33. The number of unbranched alkanes of at least 4 members (excludes halogenated alkanes) is 17. The van der Waals surface area contributed by atoms with E-state index >= 15 is 0 Å². The van der Waals surface area contributed by atoms with E-state index in [1.54, 1.807) is 0 Å². The van der Waals surface area contributed by atoms with Crippen molar-refractivity contribution < 1.29 is 28.6 Å². The van der Waals surface area contributed by atoms with Crippen LogP contribution in [0.2, 0.25) is 0 Å². The molecule has 0 bridgehead atoms. The third-order valence-electron chi connectivity index (χ3n) is 11.6. The Bertz CT molecular complexity index is 1550. The van der Waals surface area contributed by atoms with Gasteiger partial charge in [0.2, 0.25) is 0 Å². The summed E-state index contributed by atoms with van der Waals surface area (Å²) in [6, 6.07) is 0. The van der Waals surface area contributed by atoms with E-state index in [2.05, 4.69) is 142 Å². The van der Waals surface area contributed by atoms with Gasteiger partial charge in [-0.05, 0) is 128 Å². The molecule has 0 rings (SSSR count). The van der Waals surface area contributed by atoms with Crippen molar-refractivity contribution in [3.8, 4) is 0 Å². The van der Waals surface area contributed by atoms with Crippen LogP contribution in [0.5, 0.6) is 0 Å². The van der Waals surface area contributed by atoms with Crippen LogP contribution in [0.15, 0.2) is 134 Å². The van der Waals surface area contributed by atoms with E-state index in [1.807, 2.05) is 12.2 Å². The van der Waals surface area contributed by atoms with Crippen LogP contribution in [0.25, 0.3) is 0 Å². The molecule has 6 nitrogen and oxygen atoms in total. The standard InChI is InChI=1S/C65H104O6/c1-4-7-10-13-16-19-22-25-28-30-32-34-37-39-42-45-48-51-54-57-63(66)69-60-62(71-65(68)59-56-53-50-47-44-41-36-27-24-21-18-15-12-9-6-3)61-70-64(67)58-55-52-49-46-43-40-38-35-33-31-29-26-23-20-17-14-11-8-5-2/h7,10,16-21,25-29,32,34,36,39,42,44,47-48,51,62H,4-6,8-9,11-15,22-24,30-31,33,35,37-38,40-41,43,45-46,49-50,52-61H2,1-3H3/b10-7-,19-16-,20-17-,21-18-,28-25-,29-26-,34-32-,36-27-,42-39-,47-44-,51-48-/t62-/m1/s1. The molecule has 0 fully saturated rings. The van der Waals surface area contributed by atoms with Gasteiger partial charge >= 0.3 is 17.9 Å². The smallest absolute Gasteiger partial charge is 0.306 e. The van der Waals surface area contributed by atoms with Gasteiger partial charge in [-0.25, -0.2) is 0 Å². The summed E-state index contributed by atoms with van der Waals surface area (Å²) in [6.45, 7) is 6.36. The Hall–Kier alpha value is -4.45. The normalized spacial score (nSPS) is 13.1. The molecule has 1 atom stereocenters. The van der Waals surface area contributed by atoms with E-state index in [-0.39, 0.29) is 44.0 Å². The lowest BCUT2D eigenvalue weighted by molar-refractivity contribution is -0.166. The fraction of sp³-hybridized carbons (Fsp3) is 0.615. The highest BCUT2D eigenvalue weighted by molar-refractivity contribution is 5.71. The molecule has 0 amide bonds. The van der Waals surface area contributed by atoms with Crippen LogP contribution in [0.3, 0.4) is 0 Å². The maximum Gasteiger partial charge on any atom is 0.306 e. The van der Waals surface area contributed by atoms with E-state index in [9.17, 15) is 14.4 Å². The molecular formula is C65H104O6. The van der Waals surface area contributed by atoms with Crippen LogP contribution in [0.4, 0.5) is 0 Å². The summed E-state index contributed by atoms with van der Waals surface area (Å²) in [6.07, 6.45) is 81.7. The monoisotopic (exact) mass is 981 g/mol. The number of allylic oxidation sites excluding steroid dienone is 22. The molecule has 0 aromatic heterocycles. The van der Waals surface area contributed by atoms with E-state index in [0.717, 1.165) is 89.9 Å². The number of carbonyl (C=O) groups is 3. The molecule has 0 aliphatic carbocycles. The van der Waals surface area contributed by atoms with E-state index in [4.69, 9.17) is 14.2 Å². The van der Waals surface area contributed by atoms with Crippen molar-refractivity contribution >= 4 is 17.9 Å². The van der Waals surface area contributed by atoms with Crippen LogP contribution in [0.1, 0.15) is 239 Å². The van der Waals surface area contributed by atoms with Gasteiger partial charge in [-0.1, -0.05) is 225 Å². The predicted molar refractivity (Wildman–Crippen MR) is 306 cm³/mol. The van der Waals surface area contributed by atoms with Gasteiger partial charge in [0.25, 0.3) is 0 Å². The van der Waals surface area contributed by atoms with Gasteiger partial charge in [-0.15, -0.1) is 0 Å². The molecule has 0 N–H and O–H groups in total. The Morgan fingerprint density at radius 1 is 0.296 bits per heavy atom. The van der Waals surface area contributed by atoms with Gasteiger partial charge in [0.05, 0.1) is 0 Å². The van der Waals surface area contributed by atoms with E-state index in [0.29, 0.717) is 19.3 Å². The largest absolute Gasteiger partial charge is 0.462 e. The third kappa shape index (κ3) is 56.3. The highest BCUT2D eigenvalue weighted by Crippen LogP contribution is 2.13. The highest BCUT2D eigenvalue weighted by Gasteiger charge is 2.19. The molecule has 0 aromatic carbocycles. The quantitative estimate of drug-likeness (QED) is 0.0262. The molecule has 0 saturated heterocycles. The summed E-state index contributed by atoms with van der Waals surface area (Å²) < 4.78 is 16.8. The van der Waals surface area contributed by atoms with Crippen molar-refractivity contribution in [1.29, 1.82) is 0 Å². The Kier molecular flexibility index (Phi) is 54.5. The Labute approximate surface area is 436 Å². The second kappa shape index (κ2) is 58.1. The van der Waals surface area contributed by atoms with Crippen LogP contribution in [-0.4, -0.2) is 37.2 Å². The van der Waals surface area contributed by atoms with E-state index in [1.165, 1.54) is 96.3 Å². The first-order valence-corrected chi connectivity index (χ1v) is 28.7. The van der Waals surface area contributed by atoms with Crippen molar-refractivity contribution in [2.75, 3.05) is 13.2 Å². The summed E-state index contributed by atoms with van der Waals surface area (Å²) >= 11 is 0. The van der Waals surface area contributed by atoms with Crippen molar-refractivity contribution in [3.05, 3.63) is 134 Å². The zero-order valence-electron chi connectivity index (χ0n) is 45.7. The third-order valence-corrected chi connectivity index (χ3v) is 11.6. The predicted octanol–water partition coefficient (Wildman–Crippen LogP) is 19.4. The topological polar surface area (TPSA) is 78.9 Å². The lowest BCUT2D eigenvalue weighted by atomic mass is 10.1. The van der Waals surface area contributed by atoms with Crippen molar-refractivity contribution in [2.24, 2.45) is 0 Å². The van der Waals surface area contributed by atoms with Crippen molar-refractivity contribution in [2.45, 2.75) is 245 Å². The molecule has 400 valence electrons. The van der Waals surface area contributed by atoms with Gasteiger partial charge in [0.1, 0.15) is 13.2 Å². The molecule has 0 aliphatic rings. The van der Waals surface area contributed by atoms with Crippen LogP contribution < -0.4 is 0 Å². The van der Waals surface area contributed by atoms with Gasteiger partial charge in [-0.2, -0.15) is 0 Å². The van der Waals surface area contributed by atoms with Crippen LogP contribution in [0, 0.1) is 0 Å². The van der Waals surface area contributed by atoms with Gasteiger partial charge < -0.3 is 14.2 Å². The summed E-state index contributed by atoms with van der Waals surface area (Å²) in [4.78, 5) is 38.1. The number of esters is 3. The lowest BCUT2D eigenvalue weighted by Crippen LogP contribution is -2.30. The van der Waals surface area contributed by atoms with Crippen molar-refractivity contribution in [3.63, 3.8) is 0 Å². The second-order valence-electron chi connectivity index (χ2n) is 18.5. The van der Waals surface area contributed by atoms with Crippen LogP contribution >= 0.6 is 0 Å². The van der Waals surface area contributed by atoms with Crippen molar-refractivity contribution in [1.82, 2.24) is 0 Å². The summed E-state index contributed by atoms with van der Waals surface area (Å²) in [5.41, 5.74) is 0. The highest BCUT2D eigenvalue weighted by atomic mass is 16.6. The number of rotatable bonds is 50. The molecule has 71 heavy (non-hydrogen) atoms. The van der Waals surface area contributed by atoms with Gasteiger partial charge in [-0.3, -0.25) is 14.4 Å². The van der Waals surface area contributed by atoms with E-state index < -0.39 is 6.10 Å². The molecule has 6 heteroatoms. The average molecular weight is 982 g/mol. The van der Waals surface area contributed by atoms with Gasteiger partial charge in [0.15, 0.2) is 6.10 Å². The van der Waals surface area contributed by atoms with Crippen LogP contribution in [-0.2, 0) is 28.6 Å². The zero-order valence-corrected chi connectivity index (χ0v) is 45.7. The molecular weight excluding hydrogens is 877 g/mol. The minimum atomic E-state index is -0.836. The minimum absolute atomic E-state index is 0.123. The molecule has 0 heterocycles. The first-order chi connectivity index (χ1) is 35.0. The summed E-state index contributed by atoms with van der Waals surface area (Å²) in [5.74, 6) is -1.06. The fourth-order valence-corrected chi connectivity index (χ4v) is 7.33. The molecule has 0 saturated carbocycles. The summed E-state index contributed by atoms with van der Waals surface area (Å²) in [5, 5.41) is 0. The first-order valence-electron chi connectivity index (χ1n) is 28.7. The average Bonchev–Trinajstić information content (AvgIpc) is 3.37. The lowest BCUT2D eigenvalue weighted by Gasteiger charge is -2.18. The molecule has 0 radical (unpaired) electrons. The molecule has 0 aromatic rings. The zero-order chi connectivity index (χ0) is 51.4. The number of hydrogen-bond acceptors (Lipinski definition) is 6. The maximum absolute atomic E-state index is 12.8. The Morgan fingerprint density at radius 2 is 0.577 bits per heavy atom. The number of carbonyl (C=O) groups excluding carboxylic acids is 3. The number of hydrogen-bond donors (Lipinski definition) is 0. The maximum atomic E-state index is 12.8. The molecule has 0 aliphatic heterocycles. The second-order valence-corrected chi connectivity index (χ2v) is 18.5. The first kappa shape index (κ1) is 66.6. The Balaban J connectivity index is 4.56. The molecule has 0 spiro atoms. The Morgan fingerprint density at radius 3 is 0.972 bits per heavy atom. The molecule has 0 unspecified atom stereocenters. The summed E-state index contributed by atoms with van der Waals surface area (Å²) in [7, 11) is 0.